The highest BCUT2D eigenvalue weighted by molar-refractivity contribution is 8.01. The first-order valence-corrected chi connectivity index (χ1v) is 26.1. The van der Waals surface area contributed by atoms with Crippen LogP contribution in [0.5, 0.6) is 5.75 Å². The molecule has 7 amide bonds. The zero-order chi connectivity index (χ0) is 53.9. The predicted molar refractivity (Wildman–Crippen MR) is 266 cm³/mol. The third-order valence-corrected chi connectivity index (χ3v) is 16.8. The molecule has 4 fully saturated rings. The molecule has 25 heteroatoms. The summed E-state index contributed by atoms with van der Waals surface area (Å²) >= 11 is 8.82. The van der Waals surface area contributed by atoms with Crippen LogP contribution in [0, 0.1) is 5.92 Å². The summed E-state index contributed by atoms with van der Waals surface area (Å²) in [6, 6.07) is 1.08. The lowest BCUT2D eigenvalue weighted by Crippen LogP contribution is -2.63. The van der Waals surface area contributed by atoms with E-state index in [-0.39, 0.29) is 55.3 Å². The summed E-state index contributed by atoms with van der Waals surface area (Å²) in [7, 11) is 5.77. The molecule has 0 saturated carbocycles. The van der Waals surface area contributed by atoms with Crippen molar-refractivity contribution in [1.82, 2.24) is 20.0 Å². The molecule has 4 saturated heterocycles. The molecule has 0 aromatic heterocycles. The predicted octanol–water partition coefficient (Wildman–Crippen LogP) is 2.04. The number of likely N-dealkylation sites (tertiary alicyclic amines) is 2. The van der Waals surface area contributed by atoms with E-state index < -0.39 is 124 Å². The Bertz CT molecular complexity index is 2450. The number of hydrogen-bond acceptors (Lipinski definition) is 18. The largest absolute Gasteiger partial charge is 0.495 e. The summed E-state index contributed by atoms with van der Waals surface area (Å²) in [4.78, 5) is 122. The lowest BCUT2D eigenvalue weighted by molar-refractivity contribution is -0.162. The Hall–Kier alpha value is -5.24. The zero-order valence-electron chi connectivity index (χ0n) is 41.8. The third-order valence-electron chi connectivity index (χ3n) is 13.9. The molecule has 6 rings (SSSR count). The van der Waals surface area contributed by atoms with Crippen LogP contribution in [-0.4, -0.2) is 190 Å². The fourth-order valence-corrected chi connectivity index (χ4v) is 11.7. The molecule has 5 aliphatic rings. The molecule has 22 nitrogen and oxygen atoms in total. The number of fused-ring (bicyclic) bond motifs is 5. The molecule has 0 aliphatic carbocycles. The van der Waals surface area contributed by atoms with Gasteiger partial charge < -0.3 is 49.4 Å². The maximum atomic E-state index is 14.3. The number of rotatable bonds is 16. The van der Waals surface area contributed by atoms with Gasteiger partial charge in [0, 0.05) is 77.4 Å². The van der Waals surface area contributed by atoms with Crippen molar-refractivity contribution >= 4 is 94.3 Å². The first-order valence-electron chi connectivity index (χ1n) is 23.6. The topological polar surface area (TPSA) is 295 Å². The number of nitrogens with two attached hydrogens (primary N) is 1. The quantitative estimate of drug-likeness (QED) is 0.105. The van der Waals surface area contributed by atoms with E-state index in [4.69, 9.17) is 46.1 Å². The first kappa shape index (κ1) is 57.0. The normalized spacial score (nSPS) is 30.7. The number of carboxylic acid groups (broad SMARTS) is 1. The number of esters is 1. The summed E-state index contributed by atoms with van der Waals surface area (Å²) in [5.74, 6) is -5.58. The molecule has 1 aromatic rings. The molecular formula is C48H63ClN6O16S2. The Balaban J connectivity index is 1.12. The molecule has 5 aliphatic heterocycles. The number of thioether (sulfide) groups is 2. The third kappa shape index (κ3) is 12.8. The van der Waals surface area contributed by atoms with Gasteiger partial charge in [-0.2, -0.15) is 0 Å². The number of likely N-dealkylation sites (N-methyl/N-ethyl adjacent to an activating group) is 1. The average Bonchev–Trinajstić information content (AvgIpc) is 3.86. The highest BCUT2D eigenvalue weighted by Crippen LogP contribution is 2.49. The summed E-state index contributed by atoms with van der Waals surface area (Å²) < 4.78 is 29.3. The second-order valence-electron chi connectivity index (χ2n) is 19.0. The number of halogens is 1. The standard InChI is InChI=1S/C48H63ClN6O16S2/c1-24-10-9-11-34(68-8)48(66)22-31(69-46(65)51-48)25(2)41-47(4,71-41)35(21-37(57)53(6)29-17-27(16-24)18-30(67-7)40(29)49)70-45(64)26(3)52(5)36(56)12-15-72-32-19-38(58)54(42(32)60)13-14-55-39(59)20-33(43(55)61)73-23-28(50)44(62)63/h9-11,17-18,25-26,28,31-35,41,66H,12-16,19-23,50H2,1-8H3,(H,51,65)(H,62,63)/b11-9+,24-10+/t25-,26+,28?,31+,32?,33?,34-,35+,41+,47+,48+/m1/s1. The van der Waals surface area contributed by atoms with Gasteiger partial charge in [-0.05, 0) is 44.9 Å². The van der Waals surface area contributed by atoms with Gasteiger partial charge in [0.25, 0.3) is 0 Å². The van der Waals surface area contributed by atoms with E-state index in [2.05, 4.69) is 5.32 Å². The van der Waals surface area contributed by atoms with Crippen LogP contribution in [0.3, 0.4) is 0 Å². The Labute approximate surface area is 435 Å². The van der Waals surface area contributed by atoms with Crippen molar-refractivity contribution < 1.29 is 77.0 Å². The Morgan fingerprint density at radius 3 is 2.25 bits per heavy atom. The minimum absolute atomic E-state index is 0.0834. The maximum Gasteiger partial charge on any atom is 0.409 e. The molecule has 5 heterocycles. The number of epoxide rings is 1. The number of aliphatic carboxylic acids is 1. The SMILES string of the molecule is COc1cc2cc(c1Cl)N(C)C(=O)C[C@H](OC(=O)[C@H](C)N(C)C(=O)CCSC1CC(=O)N(CCN3C(=O)CC(SCC(N)C(=O)O)C3=O)C1=O)[C@]1(C)O[C@H]1[C@H](C)[C@@H]1C[C@@](O)(NC(=O)O1)[C@H](OC)/C=C/C=C(\C)C2. The van der Waals surface area contributed by atoms with E-state index in [1.165, 1.54) is 45.0 Å². The van der Waals surface area contributed by atoms with Crippen LogP contribution >= 0.6 is 35.1 Å². The highest BCUT2D eigenvalue weighted by Gasteiger charge is 2.64. The number of nitrogens with one attached hydrogen (secondary N) is 1. The maximum absolute atomic E-state index is 14.3. The highest BCUT2D eigenvalue weighted by atomic mass is 35.5. The Kier molecular flexibility index (Phi) is 18.4. The second-order valence-corrected chi connectivity index (χ2v) is 21.9. The van der Waals surface area contributed by atoms with E-state index in [0.717, 1.165) is 44.5 Å². The second kappa shape index (κ2) is 23.5. The van der Waals surface area contributed by atoms with E-state index in [1.807, 2.05) is 13.0 Å². The number of imide groups is 2. The lowest BCUT2D eigenvalue weighted by Gasteiger charge is -2.42. The van der Waals surface area contributed by atoms with Crippen LogP contribution in [0.15, 0.2) is 35.9 Å². The van der Waals surface area contributed by atoms with Crippen molar-refractivity contribution in [2.45, 2.75) is 125 Å². The summed E-state index contributed by atoms with van der Waals surface area (Å²) in [6.45, 7) is 6.27. The fraction of sp³-hybridized carbons (Fsp3) is 0.604. The number of carbonyl (C=O) groups excluding carboxylic acids is 8. The number of carboxylic acids is 1. The smallest absolute Gasteiger partial charge is 0.409 e. The van der Waals surface area contributed by atoms with Gasteiger partial charge in [-0.15, -0.1) is 23.5 Å². The number of hydrogen-bond donors (Lipinski definition) is 4. The van der Waals surface area contributed by atoms with Crippen molar-refractivity contribution in [1.29, 1.82) is 0 Å². The summed E-state index contributed by atoms with van der Waals surface area (Å²) in [5, 5.41) is 21.9. The van der Waals surface area contributed by atoms with E-state index in [1.54, 1.807) is 38.1 Å². The fourth-order valence-electron chi connectivity index (χ4n) is 9.21. The van der Waals surface area contributed by atoms with Crippen LogP contribution in [0.25, 0.3) is 0 Å². The van der Waals surface area contributed by atoms with Gasteiger partial charge in [0.2, 0.25) is 35.4 Å². The molecule has 400 valence electrons. The molecular weight excluding hydrogens is 1020 g/mol. The van der Waals surface area contributed by atoms with Gasteiger partial charge in [-0.3, -0.25) is 48.7 Å². The number of methoxy groups -OCH3 is 2. The van der Waals surface area contributed by atoms with Crippen molar-refractivity contribution in [2.24, 2.45) is 11.7 Å². The van der Waals surface area contributed by atoms with Crippen LogP contribution in [-0.2, 0) is 63.7 Å². The van der Waals surface area contributed by atoms with E-state index in [9.17, 15) is 48.3 Å². The molecule has 4 bridgehead atoms. The minimum atomic E-state index is -1.90. The van der Waals surface area contributed by atoms with Gasteiger partial charge in [0.05, 0.1) is 35.8 Å². The van der Waals surface area contributed by atoms with Gasteiger partial charge in [0.1, 0.15) is 46.8 Å². The molecule has 73 heavy (non-hydrogen) atoms. The monoisotopic (exact) mass is 1080 g/mol. The molecule has 11 atom stereocenters. The number of allylic oxidation sites excluding steroid dienone is 3. The molecule has 5 N–H and O–H groups in total. The van der Waals surface area contributed by atoms with Gasteiger partial charge >= 0.3 is 18.0 Å². The minimum Gasteiger partial charge on any atom is -0.495 e. The average molecular weight is 1080 g/mol. The van der Waals surface area contributed by atoms with Crippen LogP contribution in [0.1, 0.15) is 65.4 Å². The number of aliphatic hydroxyl groups is 1. The summed E-state index contributed by atoms with van der Waals surface area (Å²) in [6.07, 6.45) is -0.357. The van der Waals surface area contributed by atoms with Crippen molar-refractivity contribution in [3.63, 3.8) is 0 Å². The molecule has 1 aromatic carbocycles. The number of anilines is 1. The molecule has 0 spiro atoms. The number of carbonyl (C=O) groups is 9. The number of ether oxygens (including phenoxy) is 5. The van der Waals surface area contributed by atoms with Gasteiger partial charge in [-0.25, -0.2) is 9.59 Å². The first-order chi connectivity index (χ1) is 34.3. The van der Waals surface area contributed by atoms with E-state index >= 15 is 0 Å². The number of nitrogens with zero attached hydrogens (tertiary/aromatic N) is 4. The lowest BCUT2D eigenvalue weighted by atomic mass is 9.83. The number of amides is 7. The Morgan fingerprint density at radius 1 is 1.01 bits per heavy atom. The van der Waals surface area contributed by atoms with Crippen molar-refractivity contribution in [3.8, 4) is 5.75 Å². The molecule has 0 radical (unpaired) electrons. The number of benzene rings is 1. The summed E-state index contributed by atoms with van der Waals surface area (Å²) in [5.41, 5.74) is 4.23. The molecule has 3 unspecified atom stereocenters. The van der Waals surface area contributed by atoms with Gasteiger partial charge in [0.15, 0.2) is 5.72 Å². The van der Waals surface area contributed by atoms with Crippen LogP contribution in [0.2, 0.25) is 5.02 Å². The Morgan fingerprint density at radius 2 is 1.64 bits per heavy atom. The van der Waals surface area contributed by atoms with Crippen LogP contribution < -0.4 is 20.7 Å². The number of alkyl carbamates (subject to hydrolysis) is 1. The van der Waals surface area contributed by atoms with Crippen molar-refractivity contribution in [3.05, 3.63) is 46.5 Å². The van der Waals surface area contributed by atoms with Crippen molar-refractivity contribution in [2.75, 3.05) is 57.8 Å². The van der Waals surface area contributed by atoms with E-state index in [0.29, 0.717) is 17.9 Å². The van der Waals surface area contributed by atoms with Gasteiger partial charge in [-0.1, -0.05) is 42.3 Å². The zero-order valence-corrected chi connectivity index (χ0v) is 44.2. The van der Waals surface area contributed by atoms with Crippen LogP contribution in [0.4, 0.5) is 10.5 Å².